The average molecular weight is 570 g/mol. The van der Waals surface area contributed by atoms with E-state index in [1.54, 1.807) is 34.3 Å². The van der Waals surface area contributed by atoms with Crippen LogP contribution in [-0.4, -0.2) is 88.4 Å². The highest BCUT2D eigenvalue weighted by Crippen LogP contribution is 2.54. The Morgan fingerprint density at radius 2 is 1.71 bits per heavy atom. The van der Waals surface area contributed by atoms with E-state index in [4.69, 9.17) is 5.73 Å². The third kappa shape index (κ3) is 4.51. The number of carbonyl (C=O) groups is 4. The van der Waals surface area contributed by atoms with Crippen molar-refractivity contribution in [3.05, 3.63) is 39.7 Å². The zero-order chi connectivity index (χ0) is 30.9. The number of phenols is 1. The third-order valence-electron chi connectivity index (χ3n) is 8.72. The van der Waals surface area contributed by atoms with E-state index >= 15 is 0 Å². The molecule has 1 fully saturated rings. The normalized spacial score (nSPS) is 26.1. The summed E-state index contributed by atoms with van der Waals surface area (Å²) in [5, 5.41) is 45.7. The number of hydrogen-bond donors (Lipinski definition) is 5. The number of carbonyl (C=O) groups excluding carboxylic acids is 4. The Morgan fingerprint density at radius 1 is 1.10 bits per heavy atom. The minimum Gasteiger partial charge on any atom is -0.508 e. The number of phenolic OH excluding ortho intramolecular Hbond substituents is 1. The fourth-order valence-corrected chi connectivity index (χ4v) is 6.56. The molecule has 6 N–H and O–H groups in total. The Balaban J connectivity index is 1.92. The molecule has 1 aromatic carbocycles. The third-order valence-corrected chi connectivity index (χ3v) is 8.72. The molecule has 41 heavy (non-hydrogen) atoms. The Labute approximate surface area is 238 Å². The summed E-state index contributed by atoms with van der Waals surface area (Å²) in [5.74, 6) is -6.89. The molecule has 0 aromatic heterocycles. The average Bonchev–Trinajstić information content (AvgIpc) is 2.84. The standard InChI is InChI=1S/C30H39N3O8/c1-29(2,3)18(34)9-8-13-12-17(32(4)5)15-10-14-11-16-22(33(6)7)25(37)21(28(31)40)27(39)30(16,41)26(38)19(14)24(36)20(15)23(13)35/h12,14,16,22,35-36,39,41H,8-11H2,1-7H3,(H2,31,40). The number of aromatic hydroxyl groups is 1. The van der Waals surface area contributed by atoms with E-state index < -0.39 is 63.5 Å². The van der Waals surface area contributed by atoms with Crippen LogP contribution in [0.25, 0.3) is 5.76 Å². The Bertz CT molecular complexity index is 1430. The van der Waals surface area contributed by atoms with E-state index in [0.717, 1.165) is 0 Å². The number of amides is 1. The lowest BCUT2D eigenvalue weighted by Gasteiger charge is -2.50. The van der Waals surface area contributed by atoms with Crippen LogP contribution in [0.2, 0.25) is 0 Å². The number of benzene rings is 1. The van der Waals surface area contributed by atoms with Crippen molar-refractivity contribution >= 4 is 34.7 Å². The van der Waals surface area contributed by atoms with Crippen molar-refractivity contribution in [2.24, 2.45) is 23.0 Å². The summed E-state index contributed by atoms with van der Waals surface area (Å²) in [4.78, 5) is 55.3. The molecule has 0 aliphatic heterocycles. The van der Waals surface area contributed by atoms with Crippen molar-refractivity contribution in [2.75, 3.05) is 33.1 Å². The van der Waals surface area contributed by atoms with Gasteiger partial charge in [0.15, 0.2) is 11.4 Å². The molecular weight excluding hydrogens is 530 g/mol. The largest absolute Gasteiger partial charge is 0.508 e. The van der Waals surface area contributed by atoms with Gasteiger partial charge in [-0.2, -0.15) is 0 Å². The highest BCUT2D eigenvalue weighted by Gasteiger charge is 2.64. The van der Waals surface area contributed by atoms with Gasteiger partial charge in [0, 0.05) is 43.1 Å². The maximum absolute atomic E-state index is 14.0. The van der Waals surface area contributed by atoms with Gasteiger partial charge in [-0.15, -0.1) is 0 Å². The second-order valence-corrected chi connectivity index (χ2v) is 12.8. The summed E-state index contributed by atoms with van der Waals surface area (Å²) in [7, 11) is 6.71. The molecule has 11 heteroatoms. The predicted octanol–water partition coefficient (Wildman–Crippen LogP) is 1.58. The van der Waals surface area contributed by atoms with Gasteiger partial charge in [0.25, 0.3) is 5.91 Å². The van der Waals surface area contributed by atoms with Crippen molar-refractivity contribution in [1.82, 2.24) is 4.90 Å². The quantitative estimate of drug-likeness (QED) is 0.316. The van der Waals surface area contributed by atoms with Crippen LogP contribution in [0.4, 0.5) is 5.69 Å². The van der Waals surface area contributed by atoms with Crippen LogP contribution in [0.3, 0.4) is 0 Å². The number of anilines is 1. The van der Waals surface area contributed by atoms with Crippen molar-refractivity contribution in [3.8, 4) is 5.75 Å². The zero-order valence-electron chi connectivity index (χ0n) is 24.5. The summed E-state index contributed by atoms with van der Waals surface area (Å²) >= 11 is 0. The minimum absolute atomic E-state index is 0.00537. The fourth-order valence-electron chi connectivity index (χ4n) is 6.56. The lowest BCUT2D eigenvalue weighted by atomic mass is 9.57. The number of nitrogens with two attached hydrogens (primary N) is 1. The topological polar surface area (TPSA) is 182 Å². The van der Waals surface area contributed by atoms with Gasteiger partial charge in [0.2, 0.25) is 5.78 Å². The van der Waals surface area contributed by atoms with Crippen LogP contribution in [-0.2, 0) is 32.0 Å². The van der Waals surface area contributed by atoms with Gasteiger partial charge in [0.1, 0.15) is 28.6 Å². The summed E-state index contributed by atoms with van der Waals surface area (Å²) < 4.78 is 0. The number of Topliss-reactive ketones (excluding diaryl/α,β-unsaturated/α-hetero) is 3. The molecular formula is C30H39N3O8. The van der Waals surface area contributed by atoms with Crippen molar-refractivity contribution < 1.29 is 39.6 Å². The monoisotopic (exact) mass is 569 g/mol. The second kappa shape index (κ2) is 9.99. The minimum atomic E-state index is -2.69. The number of likely N-dealkylation sites (N-methyl/N-ethyl adjacent to an activating group) is 1. The molecule has 4 atom stereocenters. The first-order chi connectivity index (χ1) is 18.8. The molecule has 0 saturated heterocycles. The zero-order valence-corrected chi connectivity index (χ0v) is 24.5. The maximum atomic E-state index is 14.0. The molecule has 1 amide bonds. The van der Waals surface area contributed by atoms with Crippen LogP contribution < -0.4 is 10.6 Å². The first kappa shape index (κ1) is 30.3. The molecule has 1 aromatic rings. The summed E-state index contributed by atoms with van der Waals surface area (Å²) in [6, 6.07) is 0.626. The van der Waals surface area contributed by atoms with Gasteiger partial charge in [-0.1, -0.05) is 20.8 Å². The molecule has 4 rings (SSSR count). The molecule has 0 bridgehead atoms. The highest BCUT2D eigenvalue weighted by molar-refractivity contribution is 6.24. The molecule has 0 spiro atoms. The summed E-state index contributed by atoms with van der Waals surface area (Å²) in [6.45, 7) is 5.43. The summed E-state index contributed by atoms with van der Waals surface area (Å²) in [6.07, 6.45) is 0.551. The molecule has 0 heterocycles. The highest BCUT2D eigenvalue weighted by atomic mass is 16.3. The van der Waals surface area contributed by atoms with Crippen LogP contribution in [0.15, 0.2) is 23.0 Å². The number of aliphatic hydroxyl groups excluding tert-OH is 2. The van der Waals surface area contributed by atoms with Crippen molar-refractivity contribution in [2.45, 2.75) is 58.1 Å². The Morgan fingerprint density at radius 3 is 2.22 bits per heavy atom. The maximum Gasteiger partial charge on any atom is 0.255 e. The fraction of sp³-hybridized carbons (Fsp3) is 0.533. The van der Waals surface area contributed by atoms with Gasteiger partial charge in [-0.3, -0.25) is 24.1 Å². The molecule has 3 aliphatic carbocycles. The van der Waals surface area contributed by atoms with Gasteiger partial charge >= 0.3 is 0 Å². The lowest BCUT2D eigenvalue weighted by molar-refractivity contribution is -0.153. The van der Waals surface area contributed by atoms with Gasteiger partial charge in [-0.05, 0) is 56.5 Å². The number of hydrogen-bond acceptors (Lipinski definition) is 10. The van der Waals surface area contributed by atoms with Crippen LogP contribution in [0.1, 0.15) is 50.3 Å². The van der Waals surface area contributed by atoms with E-state index in [-0.39, 0.29) is 48.4 Å². The number of ketones is 3. The molecule has 11 nitrogen and oxygen atoms in total. The summed E-state index contributed by atoms with van der Waals surface area (Å²) in [5.41, 5.74) is 2.73. The van der Waals surface area contributed by atoms with E-state index in [0.29, 0.717) is 16.8 Å². The van der Waals surface area contributed by atoms with Crippen molar-refractivity contribution in [1.29, 1.82) is 0 Å². The second-order valence-electron chi connectivity index (χ2n) is 12.8. The van der Waals surface area contributed by atoms with Crippen LogP contribution in [0.5, 0.6) is 5.75 Å². The van der Waals surface area contributed by atoms with Gasteiger partial charge < -0.3 is 31.1 Å². The Kier molecular flexibility index (Phi) is 7.37. The van der Waals surface area contributed by atoms with Gasteiger partial charge in [-0.25, -0.2) is 0 Å². The number of nitrogens with zero attached hydrogens (tertiary/aromatic N) is 2. The predicted molar refractivity (Wildman–Crippen MR) is 151 cm³/mol. The van der Waals surface area contributed by atoms with Crippen LogP contribution >= 0.6 is 0 Å². The molecule has 222 valence electrons. The van der Waals surface area contributed by atoms with E-state index in [1.165, 1.54) is 4.90 Å². The molecule has 4 unspecified atom stereocenters. The number of fused-ring (bicyclic) bond motifs is 3. The molecule has 3 aliphatic rings. The van der Waals surface area contributed by atoms with E-state index in [1.807, 2.05) is 25.7 Å². The van der Waals surface area contributed by atoms with Crippen molar-refractivity contribution in [3.63, 3.8) is 0 Å². The molecule has 1 saturated carbocycles. The number of aryl methyl sites for hydroxylation is 1. The van der Waals surface area contributed by atoms with E-state index in [9.17, 15) is 39.6 Å². The number of rotatable bonds is 6. The lowest BCUT2D eigenvalue weighted by Crippen LogP contribution is -2.65. The number of primary amides is 1. The van der Waals surface area contributed by atoms with Crippen LogP contribution in [0, 0.1) is 17.3 Å². The SMILES string of the molecule is CN(C)c1cc(CCC(=O)C(C)(C)C)c(O)c2c1CC1CC3C(N(C)C)C(=O)C(C(N)=O)=C(O)C3(O)C(=O)C1=C2O. The first-order valence-electron chi connectivity index (χ1n) is 13.6. The van der Waals surface area contributed by atoms with E-state index in [2.05, 4.69) is 0 Å². The number of aliphatic hydroxyl groups is 3. The molecule has 0 radical (unpaired) electrons. The smallest absolute Gasteiger partial charge is 0.255 e. The van der Waals surface area contributed by atoms with Gasteiger partial charge in [0.05, 0.1) is 11.6 Å². The Hall–Kier alpha value is -3.70. The first-order valence-corrected chi connectivity index (χ1v) is 13.6.